The Balaban J connectivity index is 1.53. The van der Waals surface area contributed by atoms with Crippen LogP contribution >= 0.6 is 11.3 Å². The normalized spacial score (nSPS) is 12.1. The number of rotatable bonds is 3. The van der Waals surface area contributed by atoms with Gasteiger partial charge < -0.3 is 4.42 Å². The average molecular weight is 403 g/mol. The van der Waals surface area contributed by atoms with Gasteiger partial charge in [-0.3, -0.25) is 4.79 Å². The summed E-state index contributed by atoms with van der Waals surface area (Å²) in [5.74, 6) is 1.37. The number of aryl methyl sites for hydroxylation is 1. The molecule has 7 heteroatoms. The number of halogens is 1. The minimum atomic E-state index is -0.303. The van der Waals surface area contributed by atoms with Crippen LogP contribution in [0.4, 0.5) is 4.39 Å². The van der Waals surface area contributed by atoms with E-state index in [-0.39, 0.29) is 11.4 Å². The molecule has 0 saturated carbocycles. The van der Waals surface area contributed by atoms with Gasteiger partial charge in [0.05, 0.1) is 0 Å². The summed E-state index contributed by atoms with van der Waals surface area (Å²) in [6.45, 7) is 1.98. The lowest BCUT2D eigenvalue weighted by atomic mass is 10.1. The lowest BCUT2D eigenvalue weighted by Gasteiger charge is -1.98. The molecule has 0 unspecified atom stereocenters. The van der Waals surface area contributed by atoms with Gasteiger partial charge in [0.1, 0.15) is 21.9 Å². The van der Waals surface area contributed by atoms with E-state index in [1.54, 1.807) is 30.3 Å². The van der Waals surface area contributed by atoms with Crippen molar-refractivity contribution in [1.29, 1.82) is 0 Å². The first-order valence-electron chi connectivity index (χ1n) is 8.91. The van der Waals surface area contributed by atoms with Crippen LogP contribution < -0.4 is 10.1 Å². The van der Waals surface area contributed by atoms with Crippen molar-refractivity contribution in [2.45, 2.75) is 6.92 Å². The van der Waals surface area contributed by atoms with Crippen LogP contribution in [-0.2, 0) is 0 Å². The average Bonchev–Trinajstić information content (AvgIpc) is 3.41. The Bertz CT molecular complexity index is 1450. The highest BCUT2D eigenvalue weighted by atomic mass is 32.1. The first-order chi connectivity index (χ1) is 14.1. The van der Waals surface area contributed by atoms with Crippen molar-refractivity contribution in [3.63, 3.8) is 0 Å². The summed E-state index contributed by atoms with van der Waals surface area (Å²) < 4.78 is 20.7. The minimum Gasteiger partial charge on any atom is -0.457 e. The van der Waals surface area contributed by atoms with Crippen molar-refractivity contribution < 1.29 is 8.81 Å². The van der Waals surface area contributed by atoms with Gasteiger partial charge in [0.25, 0.3) is 5.56 Å². The van der Waals surface area contributed by atoms with Crippen molar-refractivity contribution in [3.05, 3.63) is 92.7 Å². The molecule has 0 atom stereocenters. The van der Waals surface area contributed by atoms with Gasteiger partial charge in [-0.15, -0.1) is 5.10 Å². The molecule has 0 N–H and O–H groups in total. The molecule has 0 spiro atoms. The third-order valence-corrected chi connectivity index (χ3v) is 5.56. The van der Waals surface area contributed by atoms with Gasteiger partial charge in [-0.25, -0.2) is 4.39 Å². The fourth-order valence-electron chi connectivity index (χ4n) is 3.10. The second-order valence-corrected chi connectivity index (χ2v) is 7.58. The SMILES string of the molecule is Cc1ccccc1-c1nc2s/c(=C/c3ccc(-c4ccc(F)cc4)o3)c(=O)n2n1. The van der Waals surface area contributed by atoms with Crippen LogP contribution in [0.1, 0.15) is 11.3 Å². The summed E-state index contributed by atoms with van der Waals surface area (Å²) in [7, 11) is 0. The van der Waals surface area contributed by atoms with Gasteiger partial charge >= 0.3 is 0 Å². The number of fused-ring (bicyclic) bond motifs is 1. The zero-order valence-electron chi connectivity index (χ0n) is 15.3. The van der Waals surface area contributed by atoms with Gasteiger partial charge in [0.2, 0.25) is 4.96 Å². The number of hydrogen-bond acceptors (Lipinski definition) is 5. The Labute approximate surface area is 168 Å². The zero-order valence-corrected chi connectivity index (χ0v) is 16.1. The maximum absolute atomic E-state index is 13.1. The predicted molar refractivity (Wildman–Crippen MR) is 110 cm³/mol. The summed E-state index contributed by atoms with van der Waals surface area (Å²) in [6.07, 6.45) is 1.67. The van der Waals surface area contributed by atoms with Gasteiger partial charge in [-0.05, 0) is 48.9 Å². The van der Waals surface area contributed by atoms with Gasteiger partial charge in [0.15, 0.2) is 5.82 Å². The Hall–Kier alpha value is -3.58. The predicted octanol–water partition coefficient (Wildman–Crippen LogP) is 4.07. The smallest absolute Gasteiger partial charge is 0.291 e. The van der Waals surface area contributed by atoms with Gasteiger partial charge in [0, 0.05) is 17.2 Å². The third kappa shape index (κ3) is 3.15. The van der Waals surface area contributed by atoms with E-state index in [9.17, 15) is 9.18 Å². The highest BCUT2D eigenvalue weighted by Crippen LogP contribution is 2.23. The first-order valence-corrected chi connectivity index (χ1v) is 9.73. The highest BCUT2D eigenvalue weighted by Gasteiger charge is 2.13. The van der Waals surface area contributed by atoms with E-state index in [1.807, 2.05) is 31.2 Å². The third-order valence-electron chi connectivity index (χ3n) is 4.60. The summed E-state index contributed by atoms with van der Waals surface area (Å²) >= 11 is 1.26. The molecule has 2 aromatic carbocycles. The number of furan rings is 1. The summed E-state index contributed by atoms with van der Waals surface area (Å²) in [4.78, 5) is 17.8. The lowest BCUT2D eigenvalue weighted by Crippen LogP contribution is -2.23. The van der Waals surface area contributed by atoms with Crippen LogP contribution in [0.5, 0.6) is 0 Å². The molecule has 5 nitrogen and oxygen atoms in total. The van der Waals surface area contributed by atoms with Crippen molar-refractivity contribution >= 4 is 22.4 Å². The molecule has 0 amide bonds. The molecule has 0 bridgehead atoms. The van der Waals surface area contributed by atoms with Crippen LogP contribution in [0.3, 0.4) is 0 Å². The second-order valence-electron chi connectivity index (χ2n) is 6.57. The van der Waals surface area contributed by atoms with Gasteiger partial charge in [-0.1, -0.05) is 35.6 Å². The number of nitrogens with zero attached hydrogens (tertiary/aromatic N) is 3. The highest BCUT2D eigenvalue weighted by molar-refractivity contribution is 7.15. The van der Waals surface area contributed by atoms with E-state index < -0.39 is 0 Å². The van der Waals surface area contributed by atoms with Crippen LogP contribution in [-0.4, -0.2) is 14.6 Å². The summed E-state index contributed by atoms with van der Waals surface area (Å²) in [6, 6.07) is 17.4. The standard InChI is InChI=1S/C22H14FN3O2S/c1-13-4-2-3-5-17(13)20-24-22-26(25-20)21(27)19(29-22)12-16-10-11-18(28-16)14-6-8-15(23)9-7-14/h2-12H,1H3/b19-12+. The van der Waals surface area contributed by atoms with E-state index >= 15 is 0 Å². The second kappa shape index (κ2) is 6.79. The molecular formula is C22H14FN3O2S. The summed E-state index contributed by atoms with van der Waals surface area (Å²) in [5, 5.41) is 4.38. The van der Waals surface area contributed by atoms with Gasteiger partial charge in [-0.2, -0.15) is 9.50 Å². The number of thiazole rings is 1. The molecule has 3 aromatic heterocycles. The van der Waals surface area contributed by atoms with E-state index in [4.69, 9.17) is 4.42 Å². The molecule has 0 aliphatic heterocycles. The van der Waals surface area contributed by atoms with E-state index in [0.29, 0.717) is 26.8 Å². The van der Waals surface area contributed by atoms with E-state index in [0.717, 1.165) is 16.7 Å². The molecule has 0 fully saturated rings. The minimum absolute atomic E-state index is 0.239. The Morgan fingerprint density at radius 1 is 1.07 bits per heavy atom. The van der Waals surface area contributed by atoms with Crippen LogP contribution in [0.25, 0.3) is 33.7 Å². The van der Waals surface area contributed by atoms with Crippen molar-refractivity contribution in [1.82, 2.24) is 14.6 Å². The number of aromatic nitrogens is 3. The van der Waals surface area contributed by atoms with Crippen LogP contribution in [0.2, 0.25) is 0 Å². The zero-order chi connectivity index (χ0) is 20.0. The Kier molecular flexibility index (Phi) is 4.10. The first kappa shape index (κ1) is 17.5. The van der Waals surface area contributed by atoms with Crippen LogP contribution in [0.15, 0.2) is 69.9 Å². The monoisotopic (exact) mass is 403 g/mol. The molecular weight excluding hydrogens is 389 g/mol. The topological polar surface area (TPSA) is 60.4 Å². The molecule has 0 aliphatic carbocycles. The molecule has 5 aromatic rings. The molecule has 3 heterocycles. The molecule has 5 rings (SSSR count). The van der Waals surface area contributed by atoms with Crippen molar-refractivity contribution in [3.8, 4) is 22.7 Å². The van der Waals surface area contributed by atoms with E-state index in [2.05, 4.69) is 10.1 Å². The van der Waals surface area contributed by atoms with Crippen molar-refractivity contribution in [2.75, 3.05) is 0 Å². The lowest BCUT2D eigenvalue weighted by molar-refractivity contribution is 0.571. The molecule has 0 radical (unpaired) electrons. The Morgan fingerprint density at radius 2 is 1.86 bits per heavy atom. The number of benzene rings is 2. The molecule has 0 saturated heterocycles. The maximum Gasteiger partial charge on any atom is 0.291 e. The molecule has 142 valence electrons. The fourth-order valence-corrected chi connectivity index (χ4v) is 3.99. The Morgan fingerprint density at radius 3 is 2.62 bits per heavy atom. The van der Waals surface area contributed by atoms with E-state index in [1.165, 1.54) is 28.0 Å². The molecule has 29 heavy (non-hydrogen) atoms. The molecule has 0 aliphatic rings. The van der Waals surface area contributed by atoms with Crippen LogP contribution in [0, 0.1) is 12.7 Å². The maximum atomic E-state index is 13.1. The summed E-state index contributed by atoms with van der Waals surface area (Å²) in [5.41, 5.74) is 2.48. The fraction of sp³-hybridized carbons (Fsp3) is 0.0455. The van der Waals surface area contributed by atoms with Crippen molar-refractivity contribution in [2.24, 2.45) is 0 Å². The largest absolute Gasteiger partial charge is 0.457 e. The number of hydrogen-bond donors (Lipinski definition) is 0. The quantitative estimate of drug-likeness (QED) is 0.456.